The van der Waals surface area contributed by atoms with Crippen molar-refractivity contribution in [2.45, 2.75) is 52.0 Å². The number of hydrogen-bond acceptors (Lipinski definition) is 7. The average Bonchev–Trinajstić information content (AvgIpc) is 3.11. The Hall–Kier alpha value is -2.50. The van der Waals surface area contributed by atoms with Gasteiger partial charge >= 0.3 is 11.7 Å². The van der Waals surface area contributed by atoms with E-state index in [9.17, 15) is 19.5 Å². The first-order valence-electron chi connectivity index (χ1n) is 9.83. The van der Waals surface area contributed by atoms with E-state index in [2.05, 4.69) is 20.9 Å². The van der Waals surface area contributed by atoms with E-state index < -0.39 is 28.9 Å². The lowest BCUT2D eigenvalue weighted by Crippen LogP contribution is -2.52. The van der Waals surface area contributed by atoms with Crippen LogP contribution in [0.3, 0.4) is 0 Å². The minimum Gasteiger partial charge on any atom is -0.496 e. The molecule has 3 rings (SSSR count). The molecule has 1 aromatic carbocycles. The molecule has 32 heavy (non-hydrogen) atoms. The van der Waals surface area contributed by atoms with Crippen LogP contribution in [0, 0.1) is 0 Å². The van der Waals surface area contributed by atoms with Gasteiger partial charge in [0.2, 0.25) is 0 Å². The molecule has 0 radical (unpaired) electrons. The second-order valence-electron chi connectivity index (χ2n) is 7.93. The highest BCUT2D eigenvalue weighted by Crippen LogP contribution is 2.31. The Balaban J connectivity index is 2.30. The molecule has 0 aliphatic carbocycles. The van der Waals surface area contributed by atoms with Gasteiger partial charge in [0.1, 0.15) is 22.2 Å². The van der Waals surface area contributed by atoms with E-state index in [-0.39, 0.29) is 18.2 Å². The van der Waals surface area contributed by atoms with Gasteiger partial charge in [0, 0.05) is 5.56 Å². The first kappa shape index (κ1) is 24.1. The van der Waals surface area contributed by atoms with Gasteiger partial charge in [-0.05, 0) is 49.7 Å². The Labute approximate surface area is 196 Å². The van der Waals surface area contributed by atoms with Crippen LogP contribution in [0.2, 0.25) is 0 Å². The van der Waals surface area contributed by atoms with Gasteiger partial charge in [-0.3, -0.25) is 9.36 Å². The van der Waals surface area contributed by atoms with Crippen molar-refractivity contribution in [2.75, 3.05) is 7.11 Å². The predicted molar refractivity (Wildman–Crippen MR) is 125 cm³/mol. The molecule has 2 aromatic heterocycles. The van der Waals surface area contributed by atoms with E-state index >= 15 is 0 Å². The van der Waals surface area contributed by atoms with Gasteiger partial charge in [-0.15, -0.1) is 0 Å². The number of nitrogens with zero attached hydrogens (tertiary/aromatic N) is 3. The summed E-state index contributed by atoms with van der Waals surface area (Å²) in [6, 6.07) is 7.30. The lowest BCUT2D eigenvalue weighted by molar-refractivity contribution is -0.146. The predicted octanol–water partition coefficient (Wildman–Crippen LogP) is 3.38. The van der Waals surface area contributed by atoms with Crippen LogP contribution in [-0.4, -0.2) is 38.4 Å². The quantitative estimate of drug-likeness (QED) is 0.479. The van der Waals surface area contributed by atoms with E-state index in [4.69, 9.17) is 9.47 Å². The lowest BCUT2D eigenvalue weighted by Gasteiger charge is -2.26. The standard InChI is InChI=1S/C21H24BrN3O6S/c1-11(2)31-14(12-8-6-7-9-13(12)30-5)10-24-17-15(23-19(22)32-17)16(26)25(20(24)29)21(3,4)18(27)28/h6-9,11,14H,10H2,1-5H3,(H,27,28). The number of ether oxygens (including phenoxy) is 2. The summed E-state index contributed by atoms with van der Waals surface area (Å²) < 4.78 is 14.1. The summed E-state index contributed by atoms with van der Waals surface area (Å²) in [6.45, 7) is 6.38. The number of hydrogen-bond donors (Lipinski definition) is 1. The summed E-state index contributed by atoms with van der Waals surface area (Å²) in [6.07, 6.45) is -0.780. The summed E-state index contributed by atoms with van der Waals surface area (Å²) in [5, 5.41) is 9.68. The number of benzene rings is 1. The molecule has 2 heterocycles. The van der Waals surface area contributed by atoms with Crippen LogP contribution < -0.4 is 16.0 Å². The molecule has 1 unspecified atom stereocenters. The number of carbonyl (C=O) groups is 1. The van der Waals surface area contributed by atoms with Crippen molar-refractivity contribution < 1.29 is 19.4 Å². The van der Waals surface area contributed by atoms with Crippen LogP contribution in [0.1, 0.15) is 39.4 Å². The molecule has 3 aromatic rings. The Kier molecular flexibility index (Phi) is 6.91. The summed E-state index contributed by atoms with van der Waals surface area (Å²) in [4.78, 5) is 43.0. The second kappa shape index (κ2) is 9.16. The molecule has 0 saturated heterocycles. The Morgan fingerprint density at radius 2 is 1.94 bits per heavy atom. The van der Waals surface area contributed by atoms with E-state index in [1.54, 1.807) is 13.2 Å². The van der Waals surface area contributed by atoms with Crippen LogP contribution in [0.4, 0.5) is 0 Å². The highest BCUT2D eigenvalue weighted by molar-refractivity contribution is 9.11. The summed E-state index contributed by atoms with van der Waals surface area (Å²) in [5.41, 5.74) is -2.55. The first-order valence-corrected chi connectivity index (χ1v) is 11.4. The molecular weight excluding hydrogens is 502 g/mol. The van der Waals surface area contributed by atoms with Crippen LogP contribution in [0.15, 0.2) is 37.8 Å². The summed E-state index contributed by atoms with van der Waals surface area (Å²) in [7, 11) is 1.55. The van der Waals surface area contributed by atoms with Crippen molar-refractivity contribution in [1.29, 1.82) is 0 Å². The second-order valence-corrected chi connectivity index (χ2v) is 10.2. The van der Waals surface area contributed by atoms with Gasteiger partial charge in [-0.25, -0.2) is 19.1 Å². The van der Waals surface area contributed by atoms with Gasteiger partial charge in [0.05, 0.1) is 19.8 Å². The van der Waals surface area contributed by atoms with Crippen molar-refractivity contribution in [3.63, 3.8) is 0 Å². The van der Waals surface area contributed by atoms with Crippen LogP contribution >= 0.6 is 27.3 Å². The minimum absolute atomic E-state index is 0.0131. The number of thiazole rings is 1. The van der Waals surface area contributed by atoms with Gasteiger partial charge in [0.15, 0.2) is 9.43 Å². The topological polar surface area (TPSA) is 113 Å². The third-order valence-corrected chi connectivity index (χ3v) is 6.54. The van der Waals surface area contributed by atoms with Gasteiger partial charge < -0.3 is 14.6 Å². The molecule has 0 aliphatic rings. The number of carboxylic acid groups (broad SMARTS) is 1. The summed E-state index contributed by atoms with van der Waals surface area (Å²) >= 11 is 4.39. The molecule has 0 saturated carbocycles. The Morgan fingerprint density at radius 1 is 1.28 bits per heavy atom. The Morgan fingerprint density at radius 3 is 2.53 bits per heavy atom. The monoisotopic (exact) mass is 525 g/mol. The zero-order chi connectivity index (χ0) is 23.8. The largest absolute Gasteiger partial charge is 0.496 e. The molecule has 9 nitrogen and oxygen atoms in total. The SMILES string of the molecule is COc1ccccc1C(Cn1c(=O)n(C(C)(C)C(=O)O)c(=O)c2nc(Br)sc21)OC(C)C. The third kappa shape index (κ3) is 4.37. The zero-order valence-electron chi connectivity index (χ0n) is 18.3. The fourth-order valence-corrected chi connectivity index (χ4v) is 4.83. The molecule has 0 fully saturated rings. The maximum absolute atomic E-state index is 13.5. The molecule has 1 N–H and O–H groups in total. The number of halogens is 1. The molecular formula is C21H24BrN3O6S. The molecule has 0 spiro atoms. The minimum atomic E-state index is -1.78. The van der Waals surface area contributed by atoms with Crippen LogP contribution in [0.5, 0.6) is 5.75 Å². The number of fused-ring (bicyclic) bond motifs is 1. The van der Waals surface area contributed by atoms with Crippen molar-refractivity contribution in [1.82, 2.24) is 14.1 Å². The maximum Gasteiger partial charge on any atom is 0.333 e. The third-order valence-electron chi connectivity index (χ3n) is 5.01. The number of rotatable bonds is 8. The van der Waals surface area contributed by atoms with Crippen LogP contribution in [-0.2, 0) is 21.6 Å². The van der Waals surface area contributed by atoms with E-state index in [0.717, 1.165) is 21.5 Å². The van der Waals surface area contributed by atoms with E-state index in [1.807, 2.05) is 32.0 Å². The lowest BCUT2D eigenvalue weighted by atomic mass is 10.1. The van der Waals surface area contributed by atoms with E-state index in [1.165, 1.54) is 18.4 Å². The smallest absolute Gasteiger partial charge is 0.333 e. The van der Waals surface area contributed by atoms with Crippen molar-refractivity contribution >= 4 is 43.6 Å². The van der Waals surface area contributed by atoms with Crippen molar-refractivity contribution in [3.8, 4) is 5.75 Å². The normalized spacial score (nSPS) is 13.0. The van der Waals surface area contributed by atoms with E-state index in [0.29, 0.717) is 14.5 Å². The number of aromatic nitrogens is 3. The van der Waals surface area contributed by atoms with Gasteiger partial charge in [-0.2, -0.15) is 0 Å². The zero-order valence-corrected chi connectivity index (χ0v) is 20.7. The average molecular weight is 526 g/mol. The van der Waals surface area contributed by atoms with Gasteiger partial charge in [-0.1, -0.05) is 29.5 Å². The van der Waals surface area contributed by atoms with Crippen molar-refractivity contribution in [2.24, 2.45) is 0 Å². The number of para-hydroxylation sites is 1. The number of carboxylic acids is 1. The molecule has 0 bridgehead atoms. The fraction of sp³-hybridized carbons (Fsp3) is 0.429. The number of aliphatic carboxylic acids is 1. The highest BCUT2D eigenvalue weighted by Gasteiger charge is 2.35. The number of methoxy groups -OCH3 is 1. The maximum atomic E-state index is 13.5. The first-order chi connectivity index (χ1) is 15.0. The fourth-order valence-electron chi connectivity index (χ4n) is 3.40. The Bertz CT molecular complexity index is 1280. The van der Waals surface area contributed by atoms with Crippen LogP contribution in [0.25, 0.3) is 10.3 Å². The molecule has 1 atom stereocenters. The van der Waals surface area contributed by atoms with Gasteiger partial charge in [0.25, 0.3) is 5.56 Å². The molecule has 0 aliphatic heterocycles. The summed E-state index contributed by atoms with van der Waals surface area (Å²) in [5.74, 6) is -0.719. The molecule has 11 heteroatoms. The molecule has 172 valence electrons. The van der Waals surface area contributed by atoms with Crippen molar-refractivity contribution in [3.05, 3.63) is 54.6 Å². The highest BCUT2D eigenvalue weighted by atomic mass is 79.9. The molecule has 0 amide bonds.